The number of amides is 1. The summed E-state index contributed by atoms with van der Waals surface area (Å²) in [6.45, 7) is 0.713. The fraction of sp³-hybridized carbons (Fsp3) is 0.321. The third-order valence-electron chi connectivity index (χ3n) is 6.55. The summed E-state index contributed by atoms with van der Waals surface area (Å²) in [5.41, 5.74) is 2.21. The van der Waals surface area contributed by atoms with Crippen molar-refractivity contribution in [3.63, 3.8) is 0 Å². The zero-order chi connectivity index (χ0) is 24.7. The zero-order valence-electron chi connectivity index (χ0n) is 19.6. The van der Waals surface area contributed by atoms with Gasteiger partial charge < -0.3 is 5.32 Å². The van der Waals surface area contributed by atoms with Crippen LogP contribution in [0.15, 0.2) is 89.8 Å². The summed E-state index contributed by atoms with van der Waals surface area (Å²) in [7, 11) is -3.89. The highest BCUT2D eigenvalue weighted by atomic mass is 35.5. The van der Waals surface area contributed by atoms with E-state index in [-0.39, 0.29) is 28.4 Å². The lowest BCUT2D eigenvalue weighted by Gasteiger charge is -2.38. The Kier molecular flexibility index (Phi) is 8.60. The van der Waals surface area contributed by atoms with Crippen LogP contribution in [0.2, 0.25) is 5.02 Å². The molecule has 7 heteroatoms. The van der Waals surface area contributed by atoms with Crippen LogP contribution in [-0.4, -0.2) is 31.7 Å². The molecule has 0 aliphatic carbocycles. The van der Waals surface area contributed by atoms with Crippen molar-refractivity contribution in [1.29, 1.82) is 0 Å². The fourth-order valence-electron chi connectivity index (χ4n) is 4.66. The number of halogens is 1. The Morgan fingerprint density at radius 1 is 0.886 bits per heavy atom. The highest BCUT2D eigenvalue weighted by molar-refractivity contribution is 7.89. The number of carbonyl (C=O) groups excluding carboxylic acids is 1. The number of hydrogen-bond donors (Lipinski definition) is 1. The summed E-state index contributed by atoms with van der Waals surface area (Å²) in [6, 6.07) is 26.0. The Labute approximate surface area is 213 Å². The van der Waals surface area contributed by atoms with Gasteiger partial charge in [-0.15, -0.1) is 0 Å². The first kappa shape index (κ1) is 25.4. The van der Waals surface area contributed by atoms with E-state index >= 15 is 0 Å². The first-order valence-electron chi connectivity index (χ1n) is 12.1. The first-order valence-corrected chi connectivity index (χ1v) is 13.9. The monoisotopic (exact) mass is 510 g/mol. The summed E-state index contributed by atoms with van der Waals surface area (Å²) >= 11 is 6.28. The lowest BCUT2D eigenvalue weighted by atomic mass is 9.90. The minimum atomic E-state index is -3.89. The van der Waals surface area contributed by atoms with Crippen LogP contribution >= 0.6 is 11.6 Å². The Hall–Kier alpha value is -2.67. The van der Waals surface area contributed by atoms with Crippen molar-refractivity contribution in [3.05, 3.63) is 101 Å². The number of aryl methyl sites for hydroxylation is 1. The van der Waals surface area contributed by atoms with Gasteiger partial charge in [0.25, 0.3) is 0 Å². The third kappa shape index (κ3) is 6.31. The van der Waals surface area contributed by atoms with E-state index in [1.54, 1.807) is 18.2 Å². The zero-order valence-corrected chi connectivity index (χ0v) is 21.2. The summed E-state index contributed by atoms with van der Waals surface area (Å²) < 4.78 is 28.9. The molecule has 1 aliphatic rings. The highest BCUT2D eigenvalue weighted by Gasteiger charge is 2.40. The van der Waals surface area contributed by atoms with Crippen molar-refractivity contribution in [2.45, 2.75) is 43.0 Å². The number of rotatable bonds is 9. The van der Waals surface area contributed by atoms with Crippen molar-refractivity contribution >= 4 is 27.5 Å². The van der Waals surface area contributed by atoms with Gasteiger partial charge in [-0.1, -0.05) is 84.4 Å². The molecule has 3 aromatic carbocycles. The molecule has 0 radical (unpaired) electrons. The second-order valence-corrected chi connectivity index (χ2v) is 11.2. The molecule has 184 valence electrons. The molecule has 0 unspecified atom stereocenters. The van der Waals surface area contributed by atoms with Crippen LogP contribution in [0.5, 0.6) is 0 Å². The van der Waals surface area contributed by atoms with Crippen LogP contribution in [-0.2, 0) is 21.2 Å². The molecule has 3 aromatic rings. The molecule has 35 heavy (non-hydrogen) atoms. The van der Waals surface area contributed by atoms with Gasteiger partial charge in [-0.2, -0.15) is 4.31 Å². The standard InChI is InChI=1S/C28H31ClN2O3S/c29-25-16-7-8-17-27(25)35(33,34)31-21-24(18-19-26(31)23-14-5-2-6-15-23)28(32)30-20-10-9-13-22-11-3-1-4-12-22/h1-8,11-12,14-17,24,26H,9-10,13,18-21H2,(H,30,32)/t24-,26-/m1/s1. The smallest absolute Gasteiger partial charge is 0.245 e. The molecule has 0 bridgehead atoms. The molecular formula is C28H31ClN2O3S. The van der Waals surface area contributed by atoms with Crippen LogP contribution in [0.4, 0.5) is 0 Å². The maximum Gasteiger partial charge on any atom is 0.245 e. The van der Waals surface area contributed by atoms with E-state index in [9.17, 15) is 13.2 Å². The van der Waals surface area contributed by atoms with E-state index in [1.807, 2.05) is 48.5 Å². The average Bonchev–Trinajstić information content (AvgIpc) is 2.89. The minimum Gasteiger partial charge on any atom is -0.356 e. The Balaban J connectivity index is 1.43. The average molecular weight is 511 g/mol. The van der Waals surface area contributed by atoms with Crippen LogP contribution in [0.1, 0.15) is 42.9 Å². The van der Waals surface area contributed by atoms with E-state index < -0.39 is 15.9 Å². The van der Waals surface area contributed by atoms with Crippen molar-refractivity contribution in [3.8, 4) is 0 Å². The van der Waals surface area contributed by atoms with Gasteiger partial charge in [0.15, 0.2) is 0 Å². The number of unbranched alkanes of at least 4 members (excludes halogenated alkanes) is 1. The largest absolute Gasteiger partial charge is 0.356 e. The predicted molar refractivity (Wildman–Crippen MR) is 140 cm³/mol. The molecule has 5 nitrogen and oxygen atoms in total. The molecule has 1 saturated heterocycles. The topological polar surface area (TPSA) is 66.5 Å². The fourth-order valence-corrected chi connectivity index (χ4v) is 6.85. The number of carbonyl (C=O) groups is 1. The molecule has 1 aliphatic heterocycles. The molecule has 2 atom stereocenters. The summed E-state index contributed by atoms with van der Waals surface area (Å²) in [5, 5.41) is 3.21. The molecule has 0 spiro atoms. The van der Waals surface area contributed by atoms with Gasteiger partial charge in [0.2, 0.25) is 15.9 Å². The number of nitrogens with one attached hydrogen (secondary N) is 1. The van der Waals surface area contributed by atoms with Gasteiger partial charge in [-0.05, 0) is 55.4 Å². The molecule has 4 rings (SSSR count). The first-order chi connectivity index (χ1) is 17.0. The predicted octanol–water partition coefficient (Wildman–Crippen LogP) is 5.62. The van der Waals surface area contributed by atoms with Crippen LogP contribution in [0, 0.1) is 5.92 Å². The molecule has 1 fully saturated rings. The van der Waals surface area contributed by atoms with E-state index in [0.29, 0.717) is 19.4 Å². The normalized spacial score (nSPS) is 18.8. The van der Waals surface area contributed by atoms with Gasteiger partial charge in [0, 0.05) is 13.1 Å². The number of sulfonamides is 1. The van der Waals surface area contributed by atoms with Crippen LogP contribution in [0.25, 0.3) is 0 Å². The van der Waals surface area contributed by atoms with Crippen molar-refractivity contribution in [2.75, 3.05) is 13.1 Å². The molecule has 0 saturated carbocycles. The van der Waals surface area contributed by atoms with Crippen molar-refractivity contribution < 1.29 is 13.2 Å². The lowest BCUT2D eigenvalue weighted by molar-refractivity contribution is -0.126. The highest BCUT2D eigenvalue weighted by Crippen LogP contribution is 2.38. The van der Waals surface area contributed by atoms with E-state index in [2.05, 4.69) is 17.4 Å². The van der Waals surface area contributed by atoms with Crippen LogP contribution < -0.4 is 5.32 Å². The number of benzene rings is 3. The van der Waals surface area contributed by atoms with Crippen molar-refractivity contribution in [2.24, 2.45) is 5.92 Å². The number of piperidine rings is 1. The molecule has 1 N–H and O–H groups in total. The Morgan fingerprint density at radius 3 is 2.26 bits per heavy atom. The molecule has 1 amide bonds. The second kappa shape index (κ2) is 11.8. The Morgan fingerprint density at radius 2 is 1.54 bits per heavy atom. The van der Waals surface area contributed by atoms with Gasteiger partial charge in [-0.3, -0.25) is 4.79 Å². The summed E-state index contributed by atoms with van der Waals surface area (Å²) in [6.07, 6.45) is 4.03. The number of hydrogen-bond acceptors (Lipinski definition) is 3. The maximum atomic E-state index is 13.7. The lowest BCUT2D eigenvalue weighted by Crippen LogP contribution is -2.47. The molecule has 1 heterocycles. The van der Waals surface area contributed by atoms with Gasteiger partial charge >= 0.3 is 0 Å². The maximum absolute atomic E-state index is 13.7. The Bertz CT molecular complexity index is 1220. The van der Waals surface area contributed by atoms with Gasteiger partial charge in [-0.25, -0.2) is 8.42 Å². The van der Waals surface area contributed by atoms with E-state index in [1.165, 1.54) is 15.9 Å². The van der Waals surface area contributed by atoms with E-state index in [0.717, 1.165) is 24.8 Å². The van der Waals surface area contributed by atoms with Crippen molar-refractivity contribution in [1.82, 2.24) is 9.62 Å². The third-order valence-corrected chi connectivity index (χ3v) is 8.92. The quantitative estimate of drug-likeness (QED) is 0.380. The summed E-state index contributed by atoms with van der Waals surface area (Å²) in [4.78, 5) is 13.1. The molecular weight excluding hydrogens is 480 g/mol. The second-order valence-electron chi connectivity index (χ2n) is 8.94. The summed E-state index contributed by atoms with van der Waals surface area (Å²) in [5.74, 6) is -0.489. The SMILES string of the molecule is O=C(NCCCCc1ccccc1)[C@@H]1CC[C@H](c2ccccc2)N(S(=O)(=O)c2ccccc2Cl)C1. The number of nitrogens with zero attached hydrogens (tertiary/aromatic N) is 1. The van der Waals surface area contributed by atoms with Gasteiger partial charge in [0.1, 0.15) is 4.90 Å². The molecule has 0 aromatic heterocycles. The van der Waals surface area contributed by atoms with Gasteiger partial charge in [0.05, 0.1) is 17.0 Å². The van der Waals surface area contributed by atoms with Crippen LogP contribution in [0.3, 0.4) is 0 Å². The van der Waals surface area contributed by atoms with E-state index in [4.69, 9.17) is 11.6 Å². The minimum absolute atomic E-state index is 0.0737.